The van der Waals surface area contributed by atoms with Gasteiger partial charge in [0.2, 0.25) is 15.9 Å². The normalized spacial score (nSPS) is 17.2. The van der Waals surface area contributed by atoms with E-state index in [1.54, 1.807) is 66.7 Å². The van der Waals surface area contributed by atoms with Gasteiger partial charge in [-0.3, -0.25) is 14.5 Å². The van der Waals surface area contributed by atoms with Gasteiger partial charge in [0, 0.05) is 30.6 Å². The summed E-state index contributed by atoms with van der Waals surface area (Å²) >= 11 is 0. The Morgan fingerprint density at radius 2 is 1.54 bits per heavy atom. The van der Waals surface area contributed by atoms with E-state index in [9.17, 15) is 36.0 Å². The molecule has 7 rings (SSSR count). The van der Waals surface area contributed by atoms with Crippen molar-refractivity contribution in [3.63, 3.8) is 0 Å². The second-order valence-electron chi connectivity index (χ2n) is 15.2. The van der Waals surface area contributed by atoms with Gasteiger partial charge in [-0.25, -0.2) is 30.7 Å². The summed E-state index contributed by atoms with van der Waals surface area (Å²) in [7, 11) is -3.69. The number of carbonyl (C=O) groups is 4. The highest BCUT2D eigenvalue weighted by atomic mass is 32.2. The highest BCUT2D eigenvalue weighted by Crippen LogP contribution is 2.39. The van der Waals surface area contributed by atoms with Crippen LogP contribution < -0.4 is 10.1 Å². The number of esters is 2. The van der Waals surface area contributed by atoms with Crippen LogP contribution in [0, 0.1) is 0 Å². The largest absolute Gasteiger partial charge is 0.497 e. The number of nitrogens with one attached hydrogen (secondary N) is 2. The van der Waals surface area contributed by atoms with Crippen LogP contribution in [0.3, 0.4) is 0 Å². The van der Waals surface area contributed by atoms with Crippen molar-refractivity contribution in [3.8, 4) is 16.9 Å². The van der Waals surface area contributed by atoms with E-state index in [1.807, 2.05) is 32.0 Å². The molecule has 4 aromatic carbocycles. The molecule has 2 aliphatic heterocycles. The smallest absolute Gasteiger partial charge is 0.355 e. The van der Waals surface area contributed by atoms with Crippen LogP contribution in [0.4, 0.5) is 0 Å². The Bertz CT molecular complexity index is 2780. The van der Waals surface area contributed by atoms with Crippen molar-refractivity contribution in [1.29, 1.82) is 0 Å². The highest BCUT2D eigenvalue weighted by molar-refractivity contribution is 7.92. The van der Waals surface area contributed by atoms with Crippen LogP contribution in [0.1, 0.15) is 46.9 Å². The van der Waals surface area contributed by atoms with Gasteiger partial charge in [0.15, 0.2) is 15.2 Å². The number of hydrogen-bond acceptors (Lipinski definition) is 11. The number of rotatable bonds is 14. The monoisotopic (exact) mass is 868 g/mol. The molecule has 2 aliphatic rings. The number of H-pyrrole nitrogens is 1. The van der Waals surface area contributed by atoms with Crippen LogP contribution in [0.15, 0.2) is 113 Å². The van der Waals surface area contributed by atoms with Gasteiger partial charge < -0.3 is 24.5 Å². The maximum absolute atomic E-state index is 14.2. The topological polar surface area (TPSA) is 199 Å². The van der Waals surface area contributed by atoms with Crippen molar-refractivity contribution in [1.82, 2.24) is 19.5 Å². The van der Waals surface area contributed by atoms with E-state index in [4.69, 9.17) is 14.2 Å². The number of ether oxygens (including phenoxy) is 3. The minimum absolute atomic E-state index is 0.00619. The number of β-lactam (4-membered cyclic amide) rings is 1. The lowest BCUT2D eigenvalue weighted by molar-refractivity contribution is -0.153. The number of nitrogens with zero attached hydrogens (tertiary/aromatic N) is 2. The van der Waals surface area contributed by atoms with Gasteiger partial charge in [-0.15, -0.1) is 0 Å². The van der Waals surface area contributed by atoms with Gasteiger partial charge in [0.25, 0.3) is 5.91 Å². The van der Waals surface area contributed by atoms with Crippen molar-refractivity contribution in [2.75, 3.05) is 33.6 Å². The van der Waals surface area contributed by atoms with Crippen LogP contribution in [0.5, 0.6) is 5.75 Å². The van der Waals surface area contributed by atoms with E-state index in [1.165, 1.54) is 33.3 Å². The summed E-state index contributed by atoms with van der Waals surface area (Å²) in [6, 6.07) is 25.5. The number of fused-ring (bicyclic) bond motifs is 2. The minimum atomic E-state index is -4.28. The first-order chi connectivity index (χ1) is 29.0. The van der Waals surface area contributed by atoms with E-state index < -0.39 is 73.1 Å². The summed E-state index contributed by atoms with van der Waals surface area (Å²) in [5, 5.41) is 1.56. The molecule has 0 spiro atoms. The second kappa shape index (κ2) is 17.0. The molecule has 318 valence electrons. The van der Waals surface area contributed by atoms with Crippen LogP contribution in [-0.4, -0.2) is 99.8 Å². The lowest BCUT2D eigenvalue weighted by Gasteiger charge is -2.49. The van der Waals surface area contributed by atoms with Gasteiger partial charge in [0.05, 0.1) is 29.7 Å². The number of amides is 2. The SMILES string of the molecule is COc1ccc(COC(=O)C2=C(COC(=O)c3[nH]c4c(C(C)C)cccc4c3-c3ccc(S(=O)(=O)N(C)C)cc3)CS(=O)(=O)[C@@H]3[C@H](NC(=O)Cc4ccccc4)C(=O)N23)cc1. The van der Waals surface area contributed by atoms with Crippen LogP contribution in [0.2, 0.25) is 0 Å². The summed E-state index contributed by atoms with van der Waals surface area (Å²) < 4.78 is 71.3. The zero-order valence-electron chi connectivity index (χ0n) is 34.0. The predicted octanol–water partition coefficient (Wildman–Crippen LogP) is 4.70. The summed E-state index contributed by atoms with van der Waals surface area (Å²) in [5.74, 6) is -3.57. The maximum atomic E-state index is 14.2. The summed E-state index contributed by atoms with van der Waals surface area (Å²) in [5.41, 5.74) is 3.04. The Kier molecular flexibility index (Phi) is 11.9. The average Bonchev–Trinajstić information content (AvgIpc) is 3.64. The lowest BCUT2D eigenvalue weighted by Crippen LogP contribution is -2.75. The second-order valence-corrected chi connectivity index (χ2v) is 19.4. The molecule has 2 atom stereocenters. The number of para-hydroxylation sites is 1. The van der Waals surface area contributed by atoms with Gasteiger partial charge in [0.1, 0.15) is 36.4 Å². The van der Waals surface area contributed by atoms with E-state index in [-0.39, 0.29) is 35.1 Å². The summed E-state index contributed by atoms with van der Waals surface area (Å²) in [6.45, 7) is 3.01. The minimum Gasteiger partial charge on any atom is -0.497 e. The third kappa shape index (κ3) is 8.40. The van der Waals surface area contributed by atoms with E-state index in [0.717, 1.165) is 14.8 Å². The highest BCUT2D eigenvalue weighted by Gasteiger charge is 2.61. The molecular formula is C44H44N4O11S2. The standard InChI is InChI=1S/C44H44N4O11S2/c1-26(2)33-12-9-13-34-36(29-16-20-32(21-17-29)61(55,56)47(3)4)38(46-37(33)34)43(51)59-24-30-25-60(53,54)42-39(45-35(49)22-27-10-7-6-8-11-27)41(50)48(42)40(30)44(52)58-23-28-14-18-31(57-5)19-15-28/h6-21,26,39,42,46H,22-25H2,1-5H3,(H,45,49)/t39-,42-/m1/s1. The fourth-order valence-corrected chi connectivity index (χ4v) is 10.4. The average molecular weight is 869 g/mol. The Balaban J connectivity index is 1.22. The number of carbonyl (C=O) groups excluding carboxylic acids is 4. The first-order valence-corrected chi connectivity index (χ1v) is 22.4. The molecule has 3 heterocycles. The van der Waals surface area contributed by atoms with Crippen molar-refractivity contribution >= 4 is 54.5 Å². The van der Waals surface area contributed by atoms with Gasteiger partial charge in [-0.05, 0) is 52.4 Å². The molecule has 1 saturated heterocycles. The predicted molar refractivity (Wildman–Crippen MR) is 225 cm³/mol. The summed E-state index contributed by atoms with van der Waals surface area (Å²) in [4.78, 5) is 59.0. The van der Waals surface area contributed by atoms with Gasteiger partial charge in [-0.1, -0.05) is 86.6 Å². The molecule has 0 unspecified atom stereocenters. The van der Waals surface area contributed by atoms with E-state index in [2.05, 4.69) is 10.3 Å². The molecule has 61 heavy (non-hydrogen) atoms. The molecule has 1 aromatic heterocycles. The number of hydrogen-bond donors (Lipinski definition) is 2. The summed E-state index contributed by atoms with van der Waals surface area (Å²) in [6.07, 6.45) is -0.112. The number of sulfonamides is 1. The third-order valence-corrected chi connectivity index (χ3v) is 14.4. The van der Waals surface area contributed by atoms with Crippen LogP contribution in [0.25, 0.3) is 22.0 Å². The molecule has 2 N–H and O–H groups in total. The van der Waals surface area contributed by atoms with Crippen molar-refractivity contribution < 1.29 is 50.2 Å². The van der Waals surface area contributed by atoms with Gasteiger partial charge in [-0.2, -0.15) is 0 Å². The van der Waals surface area contributed by atoms with Crippen LogP contribution >= 0.6 is 0 Å². The number of benzene rings is 4. The number of aromatic amines is 1. The molecule has 0 saturated carbocycles. The zero-order chi connectivity index (χ0) is 43.8. The van der Waals surface area contributed by atoms with E-state index in [0.29, 0.717) is 38.9 Å². The quantitative estimate of drug-likeness (QED) is 0.116. The lowest BCUT2D eigenvalue weighted by atomic mass is 9.97. The molecular weight excluding hydrogens is 825 g/mol. The molecule has 15 nitrogen and oxygen atoms in total. The maximum Gasteiger partial charge on any atom is 0.355 e. The Labute approximate surface area is 353 Å². The fraction of sp³-hybridized carbons (Fsp3) is 0.273. The van der Waals surface area contributed by atoms with Crippen molar-refractivity contribution in [2.45, 2.75) is 49.1 Å². The molecule has 5 aromatic rings. The van der Waals surface area contributed by atoms with Gasteiger partial charge >= 0.3 is 11.9 Å². The zero-order valence-corrected chi connectivity index (χ0v) is 35.6. The van der Waals surface area contributed by atoms with Crippen molar-refractivity contribution in [3.05, 3.63) is 131 Å². The van der Waals surface area contributed by atoms with E-state index >= 15 is 0 Å². The Morgan fingerprint density at radius 3 is 2.18 bits per heavy atom. The Morgan fingerprint density at radius 1 is 0.869 bits per heavy atom. The third-order valence-electron chi connectivity index (χ3n) is 10.6. The molecule has 0 aliphatic carbocycles. The number of sulfone groups is 1. The molecule has 0 bridgehead atoms. The number of methoxy groups -OCH3 is 1. The van der Waals surface area contributed by atoms with Crippen LogP contribution in [-0.2, 0) is 56.7 Å². The first-order valence-electron chi connectivity index (χ1n) is 19.3. The molecule has 2 amide bonds. The van der Waals surface area contributed by atoms with Crippen molar-refractivity contribution in [2.24, 2.45) is 0 Å². The Hall–Kier alpha value is -6.30. The molecule has 17 heteroatoms. The molecule has 0 radical (unpaired) electrons. The molecule has 1 fully saturated rings. The number of aromatic nitrogens is 1. The first kappa shape index (κ1) is 42.8. The fourth-order valence-electron chi connectivity index (χ4n) is 7.47.